The van der Waals surface area contributed by atoms with Gasteiger partial charge in [0, 0.05) is 23.3 Å². The summed E-state index contributed by atoms with van der Waals surface area (Å²) in [4.78, 5) is 24.8. The van der Waals surface area contributed by atoms with E-state index in [0.29, 0.717) is 12.8 Å². The van der Waals surface area contributed by atoms with Gasteiger partial charge in [0.15, 0.2) is 0 Å². The highest BCUT2D eigenvalue weighted by molar-refractivity contribution is 5.89. The minimum absolute atomic E-state index is 0.368. The molecule has 0 aromatic rings. The molecular weight excluding hydrogens is 336 g/mol. The Bertz CT molecular complexity index is 688. The van der Waals surface area contributed by atoms with Crippen LogP contribution in [0, 0.1) is 17.3 Å². The van der Waals surface area contributed by atoms with Crippen LogP contribution in [0.1, 0.15) is 47.5 Å². The number of hydrogen-bond donors (Lipinski definition) is 2. The zero-order valence-corrected chi connectivity index (χ0v) is 16.0. The third-order valence-electron chi connectivity index (χ3n) is 6.43. The lowest BCUT2D eigenvalue weighted by Gasteiger charge is -2.55. The van der Waals surface area contributed by atoms with Crippen LogP contribution in [0.2, 0.25) is 0 Å². The number of aliphatic hydroxyl groups excluding tert-OH is 1. The molecule has 0 unspecified atom stereocenters. The lowest BCUT2D eigenvalue weighted by molar-refractivity contribution is -0.175. The Morgan fingerprint density at radius 3 is 2.62 bits per heavy atom. The molecule has 1 saturated heterocycles. The van der Waals surface area contributed by atoms with Crippen molar-refractivity contribution in [3.63, 3.8) is 0 Å². The first-order chi connectivity index (χ1) is 11.9. The van der Waals surface area contributed by atoms with Gasteiger partial charge in [0.25, 0.3) is 0 Å². The first-order valence-electron chi connectivity index (χ1n) is 9.10. The van der Waals surface area contributed by atoms with Crippen molar-refractivity contribution in [3.8, 4) is 0 Å². The molecule has 1 saturated carbocycles. The molecule has 0 aromatic carbocycles. The predicted octanol–water partition coefficient (Wildman–Crippen LogP) is 1.89. The lowest BCUT2D eigenvalue weighted by Crippen LogP contribution is -2.61. The van der Waals surface area contributed by atoms with Crippen molar-refractivity contribution < 1.29 is 29.3 Å². The number of esters is 2. The van der Waals surface area contributed by atoms with Gasteiger partial charge in [0.05, 0.1) is 11.7 Å². The molecule has 6 nitrogen and oxygen atoms in total. The third-order valence-corrected chi connectivity index (χ3v) is 6.43. The molecule has 2 aliphatic carbocycles. The zero-order chi connectivity index (χ0) is 19.5. The molecule has 0 aromatic heterocycles. The number of ether oxygens (including phenoxy) is 2. The molecule has 6 heteroatoms. The Kier molecular flexibility index (Phi) is 4.36. The minimum Gasteiger partial charge on any atom is -0.458 e. The quantitative estimate of drug-likeness (QED) is 0.442. The standard InChI is InChI=1S/C20H28O6/c1-11(2)10-14(22)26-20(5)12-6-8-18(3)13(21)7-9-19(4,24)16(18)15(12)25-17(20)23/h7,9-10,12-13,15-16,21,24H,6,8H2,1-5H3/t12-,13-,15-,16+,18-,19-,20+/m1/s1. The molecule has 7 atom stereocenters. The highest BCUT2D eigenvalue weighted by Gasteiger charge is 2.68. The van der Waals surface area contributed by atoms with Crippen LogP contribution in [0.15, 0.2) is 23.8 Å². The van der Waals surface area contributed by atoms with Crippen LogP contribution in [0.25, 0.3) is 0 Å². The van der Waals surface area contributed by atoms with Crippen molar-refractivity contribution in [2.75, 3.05) is 0 Å². The molecule has 3 rings (SSSR count). The summed E-state index contributed by atoms with van der Waals surface area (Å²) in [6, 6.07) is 0. The van der Waals surface area contributed by atoms with Gasteiger partial charge in [-0.15, -0.1) is 0 Å². The van der Waals surface area contributed by atoms with Crippen molar-refractivity contribution in [1.29, 1.82) is 0 Å². The van der Waals surface area contributed by atoms with E-state index in [1.54, 1.807) is 39.8 Å². The number of allylic oxidation sites excluding steroid dienone is 1. The molecule has 0 spiro atoms. The van der Waals surface area contributed by atoms with Crippen molar-refractivity contribution in [2.45, 2.75) is 70.9 Å². The van der Waals surface area contributed by atoms with Crippen LogP contribution in [0.5, 0.6) is 0 Å². The fraction of sp³-hybridized carbons (Fsp3) is 0.700. The van der Waals surface area contributed by atoms with Gasteiger partial charge in [-0.1, -0.05) is 24.6 Å². The predicted molar refractivity (Wildman–Crippen MR) is 93.9 cm³/mol. The molecule has 144 valence electrons. The van der Waals surface area contributed by atoms with Gasteiger partial charge in [-0.2, -0.15) is 0 Å². The molecule has 26 heavy (non-hydrogen) atoms. The summed E-state index contributed by atoms with van der Waals surface area (Å²) in [7, 11) is 0. The van der Waals surface area contributed by atoms with Crippen LogP contribution < -0.4 is 0 Å². The Labute approximate surface area is 153 Å². The highest BCUT2D eigenvalue weighted by Crippen LogP contribution is 2.58. The van der Waals surface area contributed by atoms with Crippen molar-refractivity contribution >= 4 is 11.9 Å². The molecule has 2 N–H and O–H groups in total. The van der Waals surface area contributed by atoms with E-state index < -0.39 is 46.7 Å². The van der Waals surface area contributed by atoms with E-state index in [2.05, 4.69) is 0 Å². The van der Waals surface area contributed by atoms with Gasteiger partial charge in [-0.25, -0.2) is 9.59 Å². The zero-order valence-electron chi connectivity index (χ0n) is 16.0. The maximum atomic E-state index is 12.7. The molecule has 0 amide bonds. The van der Waals surface area contributed by atoms with E-state index in [1.807, 2.05) is 6.92 Å². The van der Waals surface area contributed by atoms with E-state index in [1.165, 1.54) is 6.08 Å². The summed E-state index contributed by atoms with van der Waals surface area (Å²) in [5.74, 6) is -2.02. The van der Waals surface area contributed by atoms with Crippen LogP contribution in [-0.4, -0.2) is 45.6 Å². The number of fused-ring (bicyclic) bond motifs is 3. The summed E-state index contributed by atoms with van der Waals surface area (Å²) in [5.41, 5.74) is -2.46. The average Bonchev–Trinajstić information content (AvgIpc) is 2.73. The van der Waals surface area contributed by atoms with Gasteiger partial charge in [-0.05, 0) is 40.5 Å². The van der Waals surface area contributed by atoms with Gasteiger partial charge < -0.3 is 19.7 Å². The Balaban J connectivity index is 1.96. The lowest BCUT2D eigenvalue weighted by atomic mass is 9.52. The number of carbonyl (C=O) groups is 2. The van der Waals surface area contributed by atoms with Gasteiger partial charge in [0.2, 0.25) is 5.60 Å². The van der Waals surface area contributed by atoms with E-state index >= 15 is 0 Å². The summed E-state index contributed by atoms with van der Waals surface area (Å²) in [5, 5.41) is 21.5. The first kappa shape index (κ1) is 19.1. The second-order valence-electron chi connectivity index (χ2n) is 8.78. The monoisotopic (exact) mass is 364 g/mol. The average molecular weight is 364 g/mol. The Hall–Kier alpha value is -1.66. The fourth-order valence-corrected chi connectivity index (χ4v) is 5.06. The topological polar surface area (TPSA) is 93.1 Å². The largest absolute Gasteiger partial charge is 0.458 e. The molecule has 1 aliphatic heterocycles. The van der Waals surface area contributed by atoms with E-state index in [0.717, 1.165) is 5.57 Å². The smallest absolute Gasteiger partial charge is 0.351 e. The summed E-state index contributed by atoms with van der Waals surface area (Å²) in [6.07, 6.45) is 4.33. The third kappa shape index (κ3) is 2.70. The van der Waals surface area contributed by atoms with Crippen LogP contribution in [-0.2, 0) is 19.1 Å². The van der Waals surface area contributed by atoms with E-state index in [4.69, 9.17) is 9.47 Å². The second kappa shape index (κ2) is 5.92. The van der Waals surface area contributed by atoms with E-state index in [9.17, 15) is 19.8 Å². The van der Waals surface area contributed by atoms with Crippen molar-refractivity contribution in [3.05, 3.63) is 23.8 Å². The molecule has 1 heterocycles. The molecule has 0 radical (unpaired) electrons. The van der Waals surface area contributed by atoms with Gasteiger partial charge in [-0.3, -0.25) is 0 Å². The Morgan fingerprint density at radius 2 is 2.00 bits per heavy atom. The number of hydrogen-bond acceptors (Lipinski definition) is 6. The SMILES string of the molecule is CC(C)=CC(=O)O[C@]1(C)C(=O)O[C@@H]2[C@H]1CC[C@]1(C)[C@H](O)C=C[C@@](C)(O)[C@@H]21. The van der Waals surface area contributed by atoms with Gasteiger partial charge in [0.1, 0.15) is 6.10 Å². The minimum atomic E-state index is -1.39. The summed E-state index contributed by atoms with van der Waals surface area (Å²) >= 11 is 0. The molecule has 0 bridgehead atoms. The molecular formula is C20H28O6. The Morgan fingerprint density at radius 1 is 1.35 bits per heavy atom. The summed E-state index contributed by atoms with van der Waals surface area (Å²) in [6.45, 7) is 8.72. The van der Waals surface area contributed by atoms with Gasteiger partial charge >= 0.3 is 11.9 Å². The van der Waals surface area contributed by atoms with Crippen molar-refractivity contribution in [1.82, 2.24) is 0 Å². The maximum absolute atomic E-state index is 12.7. The normalized spacial score (nSPS) is 46.8. The number of aliphatic hydroxyl groups is 2. The maximum Gasteiger partial charge on any atom is 0.351 e. The van der Waals surface area contributed by atoms with Crippen molar-refractivity contribution in [2.24, 2.45) is 17.3 Å². The second-order valence-corrected chi connectivity index (χ2v) is 8.78. The first-order valence-corrected chi connectivity index (χ1v) is 9.10. The molecule has 2 fully saturated rings. The number of carbonyl (C=O) groups excluding carboxylic acids is 2. The van der Waals surface area contributed by atoms with Crippen LogP contribution in [0.3, 0.4) is 0 Å². The highest BCUT2D eigenvalue weighted by atomic mass is 16.6. The molecule has 3 aliphatic rings. The summed E-state index contributed by atoms with van der Waals surface area (Å²) < 4.78 is 11.2. The number of rotatable bonds is 2. The van der Waals surface area contributed by atoms with E-state index in [-0.39, 0.29) is 5.92 Å². The van der Waals surface area contributed by atoms with Crippen LogP contribution >= 0.6 is 0 Å². The van der Waals surface area contributed by atoms with Crippen LogP contribution in [0.4, 0.5) is 0 Å². The fourth-order valence-electron chi connectivity index (χ4n) is 5.06.